The molecule has 2 unspecified atom stereocenters. The smallest absolute Gasteiger partial charge is 0.374 e. The van der Waals surface area contributed by atoms with E-state index in [4.69, 9.17) is 39.6 Å². The van der Waals surface area contributed by atoms with Crippen LogP contribution in [0.4, 0.5) is 13.2 Å². The average Bonchev–Trinajstić information content (AvgIpc) is 3.25. The lowest BCUT2D eigenvalue weighted by Crippen LogP contribution is -2.42. The molecule has 1 aliphatic heterocycles. The predicted molar refractivity (Wildman–Crippen MR) is 138 cm³/mol. The van der Waals surface area contributed by atoms with Crippen LogP contribution in [0.5, 0.6) is 0 Å². The molecule has 0 fully saturated rings. The van der Waals surface area contributed by atoms with E-state index in [1.807, 2.05) is 0 Å². The molecule has 0 aromatic heterocycles. The van der Waals surface area contributed by atoms with Gasteiger partial charge in [0, 0.05) is 28.3 Å². The number of alkyl halides is 3. The Bertz CT molecular complexity index is 1460. The van der Waals surface area contributed by atoms with Gasteiger partial charge in [-0.05, 0) is 60.0 Å². The molecule has 0 saturated heterocycles. The lowest BCUT2D eigenvalue weighted by Gasteiger charge is -2.29. The largest absolute Gasteiger partial charge is 0.435 e. The van der Waals surface area contributed by atoms with Crippen molar-refractivity contribution in [3.8, 4) is 0 Å². The Kier molecular flexibility index (Phi) is 7.36. The van der Waals surface area contributed by atoms with Crippen molar-refractivity contribution < 1.29 is 22.2 Å². The van der Waals surface area contributed by atoms with E-state index in [1.54, 1.807) is 49.4 Å². The maximum absolute atomic E-state index is 14.2. The minimum absolute atomic E-state index is 0.0615. The van der Waals surface area contributed by atoms with Gasteiger partial charge in [0.15, 0.2) is 0 Å². The molecule has 4 nitrogen and oxygen atoms in total. The van der Waals surface area contributed by atoms with Gasteiger partial charge in [0.05, 0.1) is 31.9 Å². The molecule has 0 radical (unpaired) electrons. The molecular weight excluding hydrogens is 556 g/mol. The molecule has 0 aliphatic carbocycles. The average molecular weight is 576 g/mol. The van der Waals surface area contributed by atoms with Crippen molar-refractivity contribution in [3.63, 3.8) is 0 Å². The van der Waals surface area contributed by atoms with Crippen molar-refractivity contribution in [2.24, 2.45) is 9.52 Å². The van der Waals surface area contributed by atoms with Crippen LogP contribution in [0.1, 0.15) is 28.7 Å². The Morgan fingerprint density at radius 1 is 1.06 bits per heavy atom. The second kappa shape index (κ2) is 9.89. The van der Waals surface area contributed by atoms with E-state index in [1.165, 1.54) is 24.5 Å². The summed E-state index contributed by atoms with van der Waals surface area (Å²) in [7, 11) is -2.75. The molecule has 36 heavy (non-hydrogen) atoms. The molecule has 190 valence electrons. The molecule has 1 aliphatic rings. The molecule has 0 spiro atoms. The molecule has 1 heterocycles. The van der Waals surface area contributed by atoms with Crippen LogP contribution in [-0.4, -0.2) is 22.4 Å². The third-order valence-corrected chi connectivity index (χ3v) is 8.59. The minimum Gasteiger partial charge on any atom is -0.374 e. The molecule has 0 bridgehead atoms. The van der Waals surface area contributed by atoms with E-state index in [0.29, 0.717) is 15.5 Å². The highest BCUT2D eigenvalue weighted by Gasteiger charge is 2.62. The number of benzene rings is 3. The summed E-state index contributed by atoms with van der Waals surface area (Å²) in [5.74, 6) is 0. The van der Waals surface area contributed by atoms with Crippen LogP contribution in [0.25, 0.3) is 0 Å². The van der Waals surface area contributed by atoms with E-state index in [2.05, 4.69) is 9.52 Å². The lowest BCUT2D eigenvalue weighted by molar-refractivity contribution is -0.275. The number of nitrogens with zero attached hydrogens (tertiary/aromatic N) is 2. The van der Waals surface area contributed by atoms with Crippen molar-refractivity contribution in [2.75, 3.05) is 6.26 Å². The number of halogens is 6. The fraction of sp³-hybridized carbons (Fsp3) is 0.240. The number of hydrogen-bond donors (Lipinski definition) is 0. The van der Waals surface area contributed by atoms with Gasteiger partial charge in [-0.2, -0.15) is 13.2 Å². The number of hydrogen-bond acceptors (Lipinski definition) is 4. The fourth-order valence-electron chi connectivity index (χ4n) is 3.91. The molecular formula is C25H20Cl3F3N2O2S. The fourth-order valence-corrected chi connectivity index (χ4v) is 6.29. The first-order chi connectivity index (χ1) is 16.8. The monoisotopic (exact) mass is 574 g/mol. The summed E-state index contributed by atoms with van der Waals surface area (Å²) in [6, 6.07) is 15.6. The Balaban J connectivity index is 1.61. The molecule has 3 aromatic rings. The standard InChI is InChI=1S/C25H20Cl3F3N2O2S/c1-15-9-16(7-8-17(15)14-32-36(2,34)23-6-4-3-5-21(23)28)22-13-24(35-33-22,25(29,30)31)18-10-19(26)12-20(27)11-18/h3-12H,13-14H2,1-2H3. The zero-order valence-electron chi connectivity index (χ0n) is 19.1. The molecule has 0 saturated carbocycles. The van der Waals surface area contributed by atoms with Gasteiger partial charge >= 0.3 is 6.18 Å². The quantitative estimate of drug-likeness (QED) is 0.308. The summed E-state index contributed by atoms with van der Waals surface area (Å²) in [5.41, 5.74) is -0.811. The molecule has 0 amide bonds. The van der Waals surface area contributed by atoms with Crippen LogP contribution in [0.2, 0.25) is 15.1 Å². The second-order valence-electron chi connectivity index (χ2n) is 8.45. The van der Waals surface area contributed by atoms with Gasteiger partial charge in [0.2, 0.25) is 0 Å². The van der Waals surface area contributed by atoms with Crippen molar-refractivity contribution >= 4 is 50.2 Å². The van der Waals surface area contributed by atoms with Gasteiger partial charge in [-0.3, -0.25) is 0 Å². The van der Waals surface area contributed by atoms with Crippen LogP contribution >= 0.6 is 34.8 Å². The summed E-state index contributed by atoms with van der Waals surface area (Å²) < 4.78 is 60.2. The van der Waals surface area contributed by atoms with Crippen molar-refractivity contribution in [1.82, 2.24) is 0 Å². The molecule has 0 N–H and O–H groups in total. The highest BCUT2D eigenvalue weighted by atomic mass is 35.5. The van der Waals surface area contributed by atoms with Gasteiger partial charge in [-0.25, -0.2) is 8.57 Å². The zero-order chi connectivity index (χ0) is 26.3. The summed E-state index contributed by atoms with van der Waals surface area (Å²) in [6.45, 7) is 1.94. The van der Waals surface area contributed by atoms with Crippen molar-refractivity contribution in [2.45, 2.75) is 36.6 Å². The molecule has 11 heteroatoms. The maximum Gasteiger partial charge on any atom is 0.435 e. The van der Waals surface area contributed by atoms with E-state index < -0.39 is 27.9 Å². The first kappa shape index (κ1) is 26.8. The topological polar surface area (TPSA) is 51.0 Å². The van der Waals surface area contributed by atoms with Crippen molar-refractivity contribution in [3.05, 3.63) is 98.0 Å². The first-order valence-corrected chi connectivity index (χ1v) is 13.7. The van der Waals surface area contributed by atoms with E-state index in [-0.39, 0.29) is 27.9 Å². The van der Waals surface area contributed by atoms with Gasteiger partial charge in [0.25, 0.3) is 5.60 Å². The minimum atomic E-state index is -4.78. The SMILES string of the molecule is Cc1cc(C2=NOC(c3cc(Cl)cc(Cl)c3)(C(F)(F)F)C2)ccc1CN=S(C)(=O)c1ccccc1Cl. The highest BCUT2D eigenvalue weighted by Crippen LogP contribution is 2.49. The molecule has 3 aromatic carbocycles. The summed E-state index contributed by atoms with van der Waals surface area (Å²) in [6.07, 6.45) is -3.81. The third-order valence-electron chi connectivity index (χ3n) is 5.92. The van der Waals surface area contributed by atoms with Gasteiger partial charge in [0.1, 0.15) is 0 Å². The molecule has 4 rings (SSSR count). The third kappa shape index (κ3) is 5.23. The zero-order valence-corrected chi connectivity index (χ0v) is 22.2. The number of aryl methyl sites for hydroxylation is 1. The van der Waals surface area contributed by atoms with E-state index in [9.17, 15) is 17.4 Å². The Hall–Kier alpha value is -2.26. The van der Waals surface area contributed by atoms with Gasteiger partial charge < -0.3 is 4.84 Å². The Morgan fingerprint density at radius 2 is 1.72 bits per heavy atom. The van der Waals surface area contributed by atoms with Crippen LogP contribution in [0.3, 0.4) is 0 Å². The lowest BCUT2D eigenvalue weighted by atomic mass is 9.86. The maximum atomic E-state index is 14.2. The van der Waals surface area contributed by atoms with Gasteiger partial charge in [-0.15, -0.1) is 0 Å². The first-order valence-electron chi connectivity index (χ1n) is 10.6. The van der Waals surface area contributed by atoms with Crippen LogP contribution in [0, 0.1) is 6.92 Å². The van der Waals surface area contributed by atoms with E-state index in [0.717, 1.165) is 11.1 Å². The van der Waals surface area contributed by atoms with E-state index >= 15 is 0 Å². The van der Waals surface area contributed by atoms with Crippen LogP contribution in [0.15, 0.2) is 75.1 Å². The van der Waals surface area contributed by atoms with Crippen LogP contribution < -0.4 is 0 Å². The Morgan fingerprint density at radius 3 is 2.33 bits per heavy atom. The summed E-state index contributed by atoms with van der Waals surface area (Å²) in [5, 5.41) is 4.29. The van der Waals surface area contributed by atoms with Crippen LogP contribution in [-0.2, 0) is 26.7 Å². The number of oxime groups is 1. The second-order valence-corrected chi connectivity index (χ2v) is 12.0. The van der Waals surface area contributed by atoms with Crippen molar-refractivity contribution in [1.29, 1.82) is 0 Å². The molecule has 2 atom stereocenters. The van der Waals surface area contributed by atoms with Gasteiger partial charge in [-0.1, -0.05) is 64.2 Å². The Labute approximate surface area is 222 Å². The summed E-state index contributed by atoms with van der Waals surface area (Å²) >= 11 is 18.1. The summed E-state index contributed by atoms with van der Waals surface area (Å²) in [4.78, 5) is 5.51. The predicted octanol–water partition coefficient (Wildman–Crippen LogP) is 8.19. The normalized spacial score (nSPS) is 19.4. The highest BCUT2D eigenvalue weighted by molar-refractivity contribution is 7.93. The number of rotatable bonds is 5.